The van der Waals surface area contributed by atoms with Crippen molar-refractivity contribution in [3.63, 3.8) is 0 Å². The van der Waals surface area contributed by atoms with E-state index in [9.17, 15) is 0 Å². The smallest absolute Gasteiger partial charge is 0.00229 e. The maximum Gasteiger partial charge on any atom is -0.00229 e. The summed E-state index contributed by atoms with van der Waals surface area (Å²) in [5.74, 6) is 0. The Kier molecular flexibility index (Phi) is 6.30. The van der Waals surface area contributed by atoms with Crippen LogP contribution < -0.4 is 5.32 Å². The Morgan fingerprint density at radius 3 is 2.21 bits per heavy atom. The zero-order valence-corrected chi connectivity index (χ0v) is 13.1. The monoisotopic (exact) mass is 259 g/mol. The lowest BCUT2D eigenvalue weighted by atomic mass is 9.70. The third-order valence-electron chi connectivity index (χ3n) is 3.95. The first-order valence-electron chi connectivity index (χ1n) is 7.41. The van der Waals surface area contributed by atoms with E-state index in [0.29, 0.717) is 5.41 Å². The summed E-state index contributed by atoms with van der Waals surface area (Å²) < 4.78 is 0. The number of nitrogens with one attached hydrogen (secondary N) is 1. The number of hydrogen-bond acceptors (Lipinski definition) is 1. The highest BCUT2D eigenvalue weighted by molar-refractivity contribution is 5.34. The quantitative estimate of drug-likeness (QED) is 0.765. The fourth-order valence-electron chi connectivity index (χ4n) is 2.89. The topological polar surface area (TPSA) is 12.0 Å². The predicted octanol–water partition coefficient (Wildman–Crippen LogP) is 4.61. The van der Waals surface area contributed by atoms with Crippen molar-refractivity contribution in [1.82, 2.24) is 5.32 Å². The van der Waals surface area contributed by atoms with E-state index in [4.69, 9.17) is 0 Å². The molecule has 1 heterocycles. The Balaban J connectivity index is 0.000000399. The summed E-state index contributed by atoms with van der Waals surface area (Å²) in [7, 11) is 0. The van der Waals surface area contributed by atoms with E-state index >= 15 is 0 Å². The molecule has 1 aromatic carbocycles. The largest absolute Gasteiger partial charge is 0.317 e. The third-order valence-corrected chi connectivity index (χ3v) is 3.95. The fraction of sp³-hybridized carbons (Fsp3) is 0.556. The van der Waals surface area contributed by atoms with E-state index in [2.05, 4.69) is 50.0 Å². The van der Waals surface area contributed by atoms with Crippen LogP contribution in [0.25, 0.3) is 0 Å². The molecule has 1 aliphatic heterocycles. The molecule has 1 heteroatoms. The molecule has 0 aliphatic carbocycles. The molecule has 106 valence electrons. The molecule has 1 nitrogen and oxygen atoms in total. The molecule has 1 fully saturated rings. The molecule has 0 atom stereocenters. The number of allylic oxidation sites excluding steroid dienone is 1. The average Bonchev–Trinajstić information content (AvgIpc) is 2.39. The minimum absolute atomic E-state index is 0.441. The maximum atomic E-state index is 3.56. The molecule has 0 radical (unpaired) electrons. The minimum Gasteiger partial charge on any atom is -0.317 e. The van der Waals surface area contributed by atoms with Crippen LogP contribution in [0.5, 0.6) is 0 Å². The van der Waals surface area contributed by atoms with Crippen molar-refractivity contribution < 1.29 is 0 Å². The van der Waals surface area contributed by atoms with Crippen LogP contribution in [0.3, 0.4) is 0 Å². The van der Waals surface area contributed by atoms with Gasteiger partial charge in [0.2, 0.25) is 0 Å². The van der Waals surface area contributed by atoms with Gasteiger partial charge in [-0.2, -0.15) is 0 Å². The zero-order chi connectivity index (χ0) is 14.3. The van der Waals surface area contributed by atoms with Gasteiger partial charge in [0, 0.05) is 0 Å². The average molecular weight is 259 g/mol. The van der Waals surface area contributed by atoms with Gasteiger partial charge in [-0.05, 0) is 69.7 Å². The lowest BCUT2D eigenvalue weighted by Gasteiger charge is -2.38. The highest BCUT2D eigenvalue weighted by Gasteiger charge is 2.32. The number of piperidine rings is 1. The molecule has 0 bridgehead atoms. The number of hydrogen-bond donors (Lipinski definition) is 1. The van der Waals surface area contributed by atoms with Gasteiger partial charge in [-0.15, -0.1) is 6.58 Å². The van der Waals surface area contributed by atoms with Crippen LogP contribution in [0.1, 0.15) is 51.2 Å². The molecule has 0 aromatic heterocycles. The molecule has 0 unspecified atom stereocenters. The number of rotatable bonds is 2. The van der Waals surface area contributed by atoms with Crippen molar-refractivity contribution in [2.75, 3.05) is 13.1 Å². The van der Waals surface area contributed by atoms with Crippen LogP contribution in [0, 0.1) is 6.92 Å². The van der Waals surface area contributed by atoms with Gasteiger partial charge in [0.25, 0.3) is 0 Å². The molecule has 1 aromatic rings. The van der Waals surface area contributed by atoms with Crippen molar-refractivity contribution in [2.24, 2.45) is 0 Å². The van der Waals surface area contributed by atoms with Crippen molar-refractivity contribution in [3.05, 3.63) is 47.5 Å². The van der Waals surface area contributed by atoms with E-state index < -0.39 is 0 Å². The van der Waals surface area contributed by atoms with E-state index in [1.54, 1.807) is 5.56 Å². The van der Waals surface area contributed by atoms with Crippen molar-refractivity contribution >= 4 is 0 Å². The Bertz CT molecular complexity index is 396. The first kappa shape index (κ1) is 16.0. The molecule has 0 amide bonds. The van der Waals surface area contributed by atoms with Crippen LogP contribution in [-0.4, -0.2) is 13.1 Å². The van der Waals surface area contributed by atoms with Gasteiger partial charge in [0.1, 0.15) is 0 Å². The maximum absolute atomic E-state index is 3.56. The van der Waals surface area contributed by atoms with Gasteiger partial charge in [-0.25, -0.2) is 0 Å². The predicted molar refractivity (Wildman–Crippen MR) is 85.7 cm³/mol. The third kappa shape index (κ3) is 4.50. The standard InChI is InChI=1S/C14H21N.C4H8/c1-3-14(8-10-15-11-9-14)13-7-5-4-6-12(13)2;1-4(2)3/h4-7,15H,3,8-11H2,1-2H3;1H2,2-3H3. The second-order valence-electron chi connectivity index (χ2n) is 5.91. The van der Waals surface area contributed by atoms with Crippen molar-refractivity contribution in [2.45, 2.75) is 52.4 Å². The molecule has 19 heavy (non-hydrogen) atoms. The van der Waals surface area contributed by atoms with Crippen LogP contribution in [0.15, 0.2) is 36.4 Å². The van der Waals surface area contributed by atoms with Crippen molar-refractivity contribution in [3.8, 4) is 0 Å². The lowest BCUT2D eigenvalue weighted by Crippen LogP contribution is -2.39. The highest BCUT2D eigenvalue weighted by atomic mass is 14.9. The van der Waals surface area contributed by atoms with Gasteiger partial charge < -0.3 is 5.32 Å². The second kappa shape index (κ2) is 7.49. The van der Waals surface area contributed by atoms with Gasteiger partial charge in [0.15, 0.2) is 0 Å². The molecule has 1 aliphatic rings. The van der Waals surface area contributed by atoms with Gasteiger partial charge in [-0.1, -0.05) is 36.8 Å². The summed E-state index contributed by atoms with van der Waals surface area (Å²) in [5.41, 5.74) is 4.65. The molecule has 1 N–H and O–H groups in total. The summed E-state index contributed by atoms with van der Waals surface area (Å²) in [5, 5.41) is 3.46. The Hall–Kier alpha value is -1.08. The van der Waals surface area contributed by atoms with E-state index in [1.165, 1.54) is 43.5 Å². The minimum atomic E-state index is 0.441. The molecular formula is C18H29N. The summed E-state index contributed by atoms with van der Waals surface area (Å²) in [4.78, 5) is 0. The number of benzene rings is 1. The van der Waals surface area contributed by atoms with Crippen LogP contribution in [0.2, 0.25) is 0 Å². The second-order valence-corrected chi connectivity index (χ2v) is 5.91. The van der Waals surface area contributed by atoms with Crippen LogP contribution in [0.4, 0.5) is 0 Å². The van der Waals surface area contributed by atoms with Gasteiger partial charge >= 0.3 is 0 Å². The Labute approximate surface area is 119 Å². The van der Waals surface area contributed by atoms with Crippen LogP contribution in [-0.2, 0) is 5.41 Å². The first-order chi connectivity index (χ1) is 9.02. The van der Waals surface area contributed by atoms with Gasteiger partial charge in [-0.3, -0.25) is 0 Å². The summed E-state index contributed by atoms with van der Waals surface area (Å²) in [6.07, 6.45) is 3.84. The summed E-state index contributed by atoms with van der Waals surface area (Å²) in [6.45, 7) is 14.4. The Morgan fingerprint density at radius 1 is 1.21 bits per heavy atom. The molecule has 0 spiro atoms. The normalized spacial score (nSPS) is 17.3. The van der Waals surface area contributed by atoms with E-state index in [0.717, 1.165) is 0 Å². The Morgan fingerprint density at radius 2 is 1.74 bits per heavy atom. The molecule has 1 saturated heterocycles. The fourth-order valence-corrected chi connectivity index (χ4v) is 2.89. The van der Waals surface area contributed by atoms with Crippen LogP contribution >= 0.6 is 0 Å². The lowest BCUT2D eigenvalue weighted by molar-refractivity contribution is 0.296. The van der Waals surface area contributed by atoms with E-state index in [-0.39, 0.29) is 0 Å². The number of aryl methyl sites for hydroxylation is 1. The SMILES string of the molecule is C=C(C)C.CCC1(c2ccccc2C)CCNCC1. The van der Waals surface area contributed by atoms with Crippen molar-refractivity contribution in [1.29, 1.82) is 0 Å². The summed E-state index contributed by atoms with van der Waals surface area (Å²) in [6, 6.07) is 8.89. The van der Waals surface area contributed by atoms with E-state index in [1.807, 2.05) is 13.8 Å². The van der Waals surface area contributed by atoms with Gasteiger partial charge in [0.05, 0.1) is 0 Å². The molecular weight excluding hydrogens is 230 g/mol. The highest BCUT2D eigenvalue weighted by Crippen LogP contribution is 2.38. The summed E-state index contributed by atoms with van der Waals surface area (Å²) >= 11 is 0. The first-order valence-corrected chi connectivity index (χ1v) is 7.41. The zero-order valence-electron chi connectivity index (χ0n) is 13.1. The molecule has 2 rings (SSSR count). The molecule has 0 saturated carbocycles.